The molecule has 1 fully saturated rings. The highest BCUT2D eigenvalue weighted by Crippen LogP contribution is 2.45. The first kappa shape index (κ1) is 20.0. The van der Waals surface area contributed by atoms with Crippen molar-refractivity contribution in [2.24, 2.45) is 5.92 Å². The van der Waals surface area contributed by atoms with E-state index in [1.807, 2.05) is 23.9 Å². The van der Waals surface area contributed by atoms with Gasteiger partial charge in [0.15, 0.2) is 11.6 Å². The smallest absolute Gasteiger partial charge is 0.237 e. The molecule has 0 radical (unpaired) electrons. The lowest BCUT2D eigenvalue weighted by Crippen LogP contribution is -2.43. The molecule has 0 spiro atoms. The summed E-state index contributed by atoms with van der Waals surface area (Å²) < 4.78 is 17.4. The van der Waals surface area contributed by atoms with E-state index in [0.29, 0.717) is 23.7 Å². The van der Waals surface area contributed by atoms with Crippen LogP contribution in [0.4, 0.5) is 10.2 Å². The maximum absolute atomic E-state index is 13.5. The van der Waals surface area contributed by atoms with Crippen molar-refractivity contribution in [3.05, 3.63) is 60.3 Å². The van der Waals surface area contributed by atoms with Crippen molar-refractivity contribution in [2.75, 3.05) is 4.90 Å². The van der Waals surface area contributed by atoms with Crippen molar-refractivity contribution < 1.29 is 4.39 Å². The lowest BCUT2D eigenvalue weighted by Gasteiger charge is -2.41. The molecule has 1 saturated carbocycles. The van der Waals surface area contributed by atoms with Crippen LogP contribution in [0.5, 0.6) is 0 Å². The number of hydrogen-bond donors (Lipinski definition) is 0. The van der Waals surface area contributed by atoms with E-state index < -0.39 is 0 Å². The Bertz CT molecular complexity index is 1320. The summed E-state index contributed by atoms with van der Waals surface area (Å²) in [4.78, 5) is 16.7. The zero-order valence-electron chi connectivity index (χ0n) is 18.9. The average Bonchev–Trinajstić information content (AvgIpc) is 3.45. The second-order valence-electron chi connectivity index (χ2n) is 8.86. The van der Waals surface area contributed by atoms with Crippen LogP contribution in [-0.4, -0.2) is 40.3 Å². The van der Waals surface area contributed by atoms with E-state index in [1.165, 1.54) is 25.0 Å². The summed E-state index contributed by atoms with van der Waals surface area (Å²) in [5.41, 5.74) is 1.70. The number of anilines is 1. The Labute approximate surface area is 191 Å². The number of nitrogens with zero attached hydrogens (tertiary/aromatic N) is 8. The molecule has 1 aliphatic heterocycles. The van der Waals surface area contributed by atoms with Gasteiger partial charge < -0.3 is 4.90 Å². The molecular formula is C24H25FN8. The quantitative estimate of drug-likeness (QED) is 0.453. The minimum atomic E-state index is -0.280. The first-order valence-corrected chi connectivity index (χ1v) is 11.4. The maximum Gasteiger partial charge on any atom is 0.237 e. The second-order valence-corrected chi connectivity index (χ2v) is 8.86. The third-order valence-corrected chi connectivity index (χ3v) is 6.79. The molecule has 33 heavy (non-hydrogen) atoms. The number of imidazole rings is 1. The topological polar surface area (TPSA) is 77.5 Å². The van der Waals surface area contributed by atoms with Crippen molar-refractivity contribution in [2.45, 2.75) is 52.1 Å². The van der Waals surface area contributed by atoms with E-state index in [9.17, 15) is 4.39 Å². The van der Waals surface area contributed by atoms with Gasteiger partial charge in [-0.2, -0.15) is 4.98 Å². The molecule has 2 aliphatic rings. The second kappa shape index (κ2) is 7.47. The summed E-state index contributed by atoms with van der Waals surface area (Å²) in [6.45, 7) is 6.43. The normalized spacial score (nSPS) is 18.2. The minimum absolute atomic E-state index is 0.0939. The molecule has 1 unspecified atom stereocenters. The Hall–Kier alpha value is -3.62. The Morgan fingerprint density at radius 3 is 2.64 bits per heavy atom. The van der Waals surface area contributed by atoms with Crippen LogP contribution in [0, 0.1) is 18.7 Å². The highest BCUT2D eigenvalue weighted by molar-refractivity contribution is 5.64. The molecule has 168 valence electrons. The number of halogens is 1. The molecular weight excluding hydrogens is 419 g/mol. The van der Waals surface area contributed by atoms with Crippen molar-refractivity contribution in [1.82, 2.24) is 34.3 Å². The SMILES string of the molecule is CC[C@@H]1c2nnc(C)n2-c2cnc(-n3ccnc3-c3ccc(F)cc3)nc2N1C(C)C1CC1. The van der Waals surface area contributed by atoms with E-state index in [0.717, 1.165) is 35.1 Å². The molecule has 4 aromatic rings. The fourth-order valence-corrected chi connectivity index (χ4v) is 4.92. The predicted octanol–water partition coefficient (Wildman–Crippen LogP) is 4.43. The summed E-state index contributed by atoms with van der Waals surface area (Å²) >= 11 is 0. The monoisotopic (exact) mass is 444 g/mol. The molecule has 0 bridgehead atoms. The number of aromatic nitrogens is 7. The molecule has 8 nitrogen and oxygen atoms in total. The van der Waals surface area contributed by atoms with Crippen LogP contribution >= 0.6 is 0 Å². The minimum Gasteiger partial charge on any atom is -0.341 e. The number of hydrogen-bond acceptors (Lipinski definition) is 6. The van der Waals surface area contributed by atoms with E-state index in [4.69, 9.17) is 9.97 Å². The first-order chi connectivity index (χ1) is 16.1. The summed E-state index contributed by atoms with van der Waals surface area (Å²) in [5.74, 6) is 4.24. The van der Waals surface area contributed by atoms with Gasteiger partial charge in [-0.25, -0.2) is 14.4 Å². The fraction of sp³-hybridized carbons (Fsp3) is 0.375. The van der Waals surface area contributed by atoms with E-state index in [1.54, 1.807) is 18.3 Å². The van der Waals surface area contributed by atoms with Gasteiger partial charge >= 0.3 is 0 Å². The molecule has 3 aromatic heterocycles. The predicted molar refractivity (Wildman–Crippen MR) is 122 cm³/mol. The van der Waals surface area contributed by atoms with E-state index in [-0.39, 0.29) is 11.9 Å². The van der Waals surface area contributed by atoms with Crippen LogP contribution in [0.15, 0.2) is 42.9 Å². The zero-order chi connectivity index (χ0) is 22.7. The number of aryl methyl sites for hydroxylation is 1. The number of benzene rings is 1. The van der Waals surface area contributed by atoms with E-state index >= 15 is 0 Å². The van der Waals surface area contributed by atoms with Gasteiger partial charge in [0.05, 0.1) is 12.2 Å². The molecule has 0 amide bonds. The Morgan fingerprint density at radius 1 is 1.12 bits per heavy atom. The Kier molecular flexibility index (Phi) is 4.53. The van der Waals surface area contributed by atoms with Crippen LogP contribution in [-0.2, 0) is 0 Å². The molecule has 4 heterocycles. The summed E-state index contributed by atoms with van der Waals surface area (Å²) in [5, 5.41) is 8.89. The van der Waals surface area contributed by atoms with Gasteiger partial charge in [-0.15, -0.1) is 10.2 Å². The molecule has 9 heteroatoms. The Balaban J connectivity index is 1.52. The maximum atomic E-state index is 13.5. The molecule has 0 saturated heterocycles. The summed E-state index contributed by atoms with van der Waals surface area (Å²) in [7, 11) is 0. The highest BCUT2D eigenvalue weighted by atomic mass is 19.1. The summed E-state index contributed by atoms with van der Waals surface area (Å²) in [6, 6.07) is 6.73. The number of fused-ring (bicyclic) bond motifs is 3. The highest BCUT2D eigenvalue weighted by Gasteiger charge is 2.42. The van der Waals surface area contributed by atoms with Gasteiger partial charge in [-0.1, -0.05) is 6.92 Å². The van der Waals surface area contributed by atoms with Crippen LogP contribution in [0.25, 0.3) is 23.0 Å². The molecule has 2 atom stereocenters. The van der Waals surface area contributed by atoms with Gasteiger partial charge in [0, 0.05) is 24.0 Å². The average molecular weight is 445 g/mol. The molecule has 1 aromatic carbocycles. The Morgan fingerprint density at radius 2 is 1.91 bits per heavy atom. The van der Waals surface area contributed by atoms with E-state index in [2.05, 4.69) is 38.5 Å². The third kappa shape index (κ3) is 3.13. The molecule has 6 rings (SSSR count). The largest absolute Gasteiger partial charge is 0.341 e. The van der Waals surface area contributed by atoms with Crippen molar-refractivity contribution >= 4 is 5.82 Å². The van der Waals surface area contributed by atoms with Crippen molar-refractivity contribution in [3.63, 3.8) is 0 Å². The van der Waals surface area contributed by atoms with Crippen LogP contribution in [0.2, 0.25) is 0 Å². The lowest BCUT2D eigenvalue weighted by molar-refractivity contribution is 0.453. The van der Waals surface area contributed by atoms with Crippen LogP contribution < -0.4 is 4.90 Å². The standard InChI is InChI=1S/C24H25FN8/c1-4-19-23-30-29-15(3)33(23)20-13-27-24(28-22(20)32(19)14(2)16-5-6-16)31-12-11-26-21(31)17-7-9-18(25)10-8-17/h7-14,16,19H,4-6H2,1-3H3/t14?,19-/m1/s1. The van der Waals surface area contributed by atoms with Crippen molar-refractivity contribution in [1.29, 1.82) is 0 Å². The van der Waals surface area contributed by atoms with Gasteiger partial charge in [-0.05, 0) is 63.3 Å². The summed E-state index contributed by atoms with van der Waals surface area (Å²) in [6.07, 6.45) is 8.78. The molecule has 1 aliphatic carbocycles. The van der Waals surface area contributed by atoms with Crippen LogP contribution in [0.1, 0.15) is 50.8 Å². The van der Waals surface area contributed by atoms with Crippen molar-refractivity contribution in [3.8, 4) is 23.0 Å². The zero-order valence-corrected chi connectivity index (χ0v) is 18.9. The number of rotatable bonds is 5. The van der Waals surface area contributed by atoms with Gasteiger partial charge in [-0.3, -0.25) is 9.13 Å². The molecule has 0 N–H and O–H groups in total. The van der Waals surface area contributed by atoms with Gasteiger partial charge in [0.25, 0.3) is 0 Å². The lowest BCUT2D eigenvalue weighted by atomic mass is 10.0. The first-order valence-electron chi connectivity index (χ1n) is 11.4. The third-order valence-electron chi connectivity index (χ3n) is 6.79. The van der Waals surface area contributed by atoms with Crippen LogP contribution in [0.3, 0.4) is 0 Å². The van der Waals surface area contributed by atoms with Gasteiger partial charge in [0.1, 0.15) is 23.2 Å². The van der Waals surface area contributed by atoms with Gasteiger partial charge in [0.2, 0.25) is 5.95 Å². The fourth-order valence-electron chi connectivity index (χ4n) is 4.92.